The van der Waals surface area contributed by atoms with Gasteiger partial charge in [0.15, 0.2) is 0 Å². The topological polar surface area (TPSA) is 113 Å². The normalized spacial score (nSPS) is 20.1. The van der Waals surface area contributed by atoms with Crippen molar-refractivity contribution in [1.82, 2.24) is 29.8 Å². The van der Waals surface area contributed by atoms with Crippen LogP contribution in [0, 0.1) is 0 Å². The minimum absolute atomic E-state index is 0.0108. The van der Waals surface area contributed by atoms with E-state index >= 15 is 0 Å². The first-order valence-electron chi connectivity index (χ1n) is 7.61. The number of amides is 1. The molecule has 0 aliphatic heterocycles. The van der Waals surface area contributed by atoms with E-state index in [-0.39, 0.29) is 30.4 Å². The van der Waals surface area contributed by atoms with Crippen molar-refractivity contribution < 1.29 is 14.7 Å². The fourth-order valence-electron chi connectivity index (χ4n) is 2.78. The first-order valence-corrected chi connectivity index (χ1v) is 8.40. The standard InChI is InChI=1S/C14H17BrN6O3/c1-2-20(7-11(22)23)10-3-9(4-10)17-13(24)12-18-14-16-5-8(15)6-21(14)19-12/h5-6,9-10H,2-4,7H2,1H3,(H,17,24)(H,22,23). The highest BCUT2D eigenvalue weighted by atomic mass is 79.9. The van der Waals surface area contributed by atoms with Gasteiger partial charge in [-0.25, -0.2) is 9.50 Å². The first kappa shape index (κ1) is 16.8. The Morgan fingerprint density at radius 2 is 2.25 bits per heavy atom. The summed E-state index contributed by atoms with van der Waals surface area (Å²) in [5, 5.41) is 15.9. The zero-order chi connectivity index (χ0) is 17.3. The van der Waals surface area contributed by atoms with E-state index in [4.69, 9.17) is 5.11 Å². The van der Waals surface area contributed by atoms with Crippen LogP contribution in [-0.2, 0) is 4.79 Å². The quantitative estimate of drug-likeness (QED) is 0.732. The van der Waals surface area contributed by atoms with Gasteiger partial charge in [-0.3, -0.25) is 14.5 Å². The third kappa shape index (κ3) is 3.54. The number of likely N-dealkylation sites (N-methyl/N-ethyl adjacent to an activating group) is 1. The summed E-state index contributed by atoms with van der Waals surface area (Å²) in [6, 6.07) is 0.194. The number of halogens is 1. The van der Waals surface area contributed by atoms with Crippen molar-refractivity contribution in [2.45, 2.75) is 31.8 Å². The fraction of sp³-hybridized carbons (Fsp3) is 0.500. The Bertz CT molecular complexity index is 773. The number of nitrogens with zero attached hydrogens (tertiary/aromatic N) is 5. The summed E-state index contributed by atoms with van der Waals surface area (Å²) in [5.41, 5.74) is 0. The zero-order valence-electron chi connectivity index (χ0n) is 13.0. The van der Waals surface area contributed by atoms with E-state index in [1.807, 2.05) is 11.8 Å². The van der Waals surface area contributed by atoms with E-state index in [0.717, 1.165) is 17.3 Å². The van der Waals surface area contributed by atoms with Gasteiger partial charge >= 0.3 is 5.97 Å². The highest BCUT2D eigenvalue weighted by molar-refractivity contribution is 9.10. The summed E-state index contributed by atoms with van der Waals surface area (Å²) in [6.45, 7) is 2.63. The van der Waals surface area contributed by atoms with Crippen LogP contribution in [-0.4, -0.2) is 66.6 Å². The number of fused-ring (bicyclic) bond motifs is 1. The van der Waals surface area contributed by atoms with Crippen LogP contribution in [0.2, 0.25) is 0 Å². The van der Waals surface area contributed by atoms with Crippen LogP contribution in [0.3, 0.4) is 0 Å². The minimum Gasteiger partial charge on any atom is -0.480 e. The van der Waals surface area contributed by atoms with E-state index in [9.17, 15) is 9.59 Å². The Kier molecular flexibility index (Phi) is 4.76. The van der Waals surface area contributed by atoms with Gasteiger partial charge in [-0.1, -0.05) is 6.92 Å². The number of aromatic nitrogens is 4. The van der Waals surface area contributed by atoms with Gasteiger partial charge in [-0.05, 0) is 35.3 Å². The first-order chi connectivity index (χ1) is 11.5. The van der Waals surface area contributed by atoms with Gasteiger partial charge < -0.3 is 10.4 Å². The van der Waals surface area contributed by atoms with Crippen molar-refractivity contribution in [3.05, 3.63) is 22.7 Å². The van der Waals surface area contributed by atoms with Crippen LogP contribution >= 0.6 is 15.9 Å². The predicted octanol–water partition coefficient (Wildman–Crippen LogP) is 0.554. The van der Waals surface area contributed by atoms with E-state index in [2.05, 4.69) is 36.3 Å². The molecule has 2 aromatic rings. The molecular formula is C14H17BrN6O3. The molecule has 1 amide bonds. The summed E-state index contributed by atoms with van der Waals surface area (Å²) >= 11 is 3.29. The molecule has 1 saturated carbocycles. The molecule has 10 heteroatoms. The van der Waals surface area contributed by atoms with E-state index in [0.29, 0.717) is 12.3 Å². The van der Waals surface area contributed by atoms with Gasteiger partial charge in [0.25, 0.3) is 11.7 Å². The third-order valence-electron chi connectivity index (χ3n) is 4.07. The number of hydrogen-bond donors (Lipinski definition) is 2. The van der Waals surface area contributed by atoms with Gasteiger partial charge in [-0.15, -0.1) is 5.10 Å². The number of hydrogen-bond acceptors (Lipinski definition) is 6. The Labute approximate surface area is 146 Å². The Balaban J connectivity index is 1.57. The lowest BCUT2D eigenvalue weighted by Crippen LogP contribution is -2.54. The van der Waals surface area contributed by atoms with E-state index in [1.54, 1.807) is 12.4 Å². The van der Waals surface area contributed by atoms with E-state index in [1.165, 1.54) is 4.52 Å². The number of carboxylic acid groups (broad SMARTS) is 1. The number of carbonyl (C=O) groups excluding carboxylic acids is 1. The molecule has 0 atom stereocenters. The molecule has 0 aromatic carbocycles. The lowest BCUT2D eigenvalue weighted by atomic mass is 9.85. The molecule has 128 valence electrons. The molecule has 1 fully saturated rings. The largest absolute Gasteiger partial charge is 0.480 e. The molecule has 0 bridgehead atoms. The fourth-order valence-corrected chi connectivity index (χ4v) is 3.08. The summed E-state index contributed by atoms with van der Waals surface area (Å²) in [5.74, 6) is -0.756. The maximum absolute atomic E-state index is 12.2. The monoisotopic (exact) mass is 396 g/mol. The smallest absolute Gasteiger partial charge is 0.317 e. The van der Waals surface area contributed by atoms with Crippen molar-refractivity contribution in [3.8, 4) is 0 Å². The summed E-state index contributed by atoms with van der Waals surface area (Å²) in [7, 11) is 0. The summed E-state index contributed by atoms with van der Waals surface area (Å²) < 4.78 is 2.18. The average Bonchev–Trinajstić information content (AvgIpc) is 2.91. The minimum atomic E-state index is -0.836. The lowest BCUT2D eigenvalue weighted by Gasteiger charge is -2.42. The van der Waals surface area contributed by atoms with Crippen LogP contribution in [0.1, 0.15) is 30.4 Å². The second-order valence-corrected chi connectivity index (χ2v) is 6.62. The molecule has 9 nitrogen and oxygen atoms in total. The van der Waals surface area contributed by atoms with Crippen LogP contribution in [0.25, 0.3) is 5.78 Å². The van der Waals surface area contributed by atoms with Crippen LogP contribution in [0.4, 0.5) is 0 Å². The van der Waals surface area contributed by atoms with Gasteiger partial charge in [-0.2, -0.15) is 4.98 Å². The molecule has 2 heterocycles. The van der Waals surface area contributed by atoms with Crippen molar-refractivity contribution in [1.29, 1.82) is 0 Å². The Morgan fingerprint density at radius 3 is 2.92 bits per heavy atom. The molecule has 1 aliphatic rings. The zero-order valence-corrected chi connectivity index (χ0v) is 14.6. The van der Waals surface area contributed by atoms with Gasteiger partial charge in [0, 0.05) is 24.5 Å². The molecule has 24 heavy (non-hydrogen) atoms. The Morgan fingerprint density at radius 1 is 1.50 bits per heavy atom. The van der Waals surface area contributed by atoms with Crippen LogP contribution in [0.5, 0.6) is 0 Å². The molecule has 0 unspecified atom stereocenters. The summed E-state index contributed by atoms with van der Waals surface area (Å²) in [6.07, 6.45) is 4.72. The van der Waals surface area contributed by atoms with Gasteiger partial charge in [0.2, 0.25) is 5.82 Å². The molecule has 0 spiro atoms. The van der Waals surface area contributed by atoms with E-state index < -0.39 is 5.97 Å². The summed E-state index contributed by atoms with van der Waals surface area (Å²) in [4.78, 5) is 33.1. The maximum Gasteiger partial charge on any atom is 0.317 e. The highest BCUT2D eigenvalue weighted by Crippen LogP contribution is 2.25. The number of nitrogens with one attached hydrogen (secondary N) is 1. The van der Waals surface area contributed by atoms with Crippen molar-refractivity contribution in [2.75, 3.05) is 13.1 Å². The lowest BCUT2D eigenvalue weighted by molar-refractivity contribution is -0.139. The Hall–Kier alpha value is -2.07. The van der Waals surface area contributed by atoms with Gasteiger partial charge in [0.05, 0.1) is 11.0 Å². The van der Waals surface area contributed by atoms with Crippen molar-refractivity contribution in [2.24, 2.45) is 0 Å². The van der Waals surface area contributed by atoms with Gasteiger partial charge in [0.1, 0.15) is 0 Å². The molecule has 2 aromatic heterocycles. The highest BCUT2D eigenvalue weighted by Gasteiger charge is 2.35. The molecular weight excluding hydrogens is 380 g/mol. The predicted molar refractivity (Wildman–Crippen MR) is 87.6 cm³/mol. The molecule has 1 aliphatic carbocycles. The second kappa shape index (κ2) is 6.81. The molecule has 3 rings (SSSR count). The molecule has 0 saturated heterocycles. The third-order valence-corrected chi connectivity index (χ3v) is 4.48. The SMILES string of the molecule is CCN(CC(=O)O)C1CC(NC(=O)c2nc3ncc(Br)cn3n2)C1. The second-order valence-electron chi connectivity index (χ2n) is 5.70. The number of rotatable bonds is 6. The number of carbonyl (C=O) groups is 2. The molecule has 0 radical (unpaired) electrons. The average molecular weight is 397 g/mol. The molecule has 2 N–H and O–H groups in total. The number of carboxylic acids is 1. The van der Waals surface area contributed by atoms with Crippen molar-refractivity contribution in [3.63, 3.8) is 0 Å². The maximum atomic E-state index is 12.2. The van der Waals surface area contributed by atoms with Crippen molar-refractivity contribution >= 4 is 33.6 Å². The number of aliphatic carboxylic acids is 1. The van der Waals surface area contributed by atoms with Crippen LogP contribution < -0.4 is 5.32 Å². The van der Waals surface area contributed by atoms with Crippen LogP contribution in [0.15, 0.2) is 16.9 Å².